The summed E-state index contributed by atoms with van der Waals surface area (Å²) in [5.74, 6) is 0. The summed E-state index contributed by atoms with van der Waals surface area (Å²) in [6.45, 7) is 7.83. The van der Waals surface area contributed by atoms with Gasteiger partial charge in [-0.05, 0) is 19.3 Å². The van der Waals surface area contributed by atoms with Crippen LogP contribution in [0.4, 0.5) is 0 Å². The van der Waals surface area contributed by atoms with E-state index in [4.69, 9.17) is 4.74 Å². The van der Waals surface area contributed by atoms with Crippen molar-refractivity contribution in [3.63, 3.8) is 0 Å². The van der Waals surface area contributed by atoms with Gasteiger partial charge >= 0.3 is 0 Å². The molecule has 0 saturated carbocycles. The summed E-state index contributed by atoms with van der Waals surface area (Å²) >= 11 is 0. The van der Waals surface area contributed by atoms with Crippen LogP contribution in [0.15, 0.2) is 0 Å². The molecule has 0 amide bonds. The van der Waals surface area contributed by atoms with Crippen molar-refractivity contribution in [3.8, 4) is 0 Å². The molecular weight excluding hydrogens is 304 g/mol. The van der Waals surface area contributed by atoms with Gasteiger partial charge in [-0.3, -0.25) is 0 Å². The van der Waals surface area contributed by atoms with Crippen LogP contribution in [-0.2, 0) is 4.74 Å². The number of hydrogen-bond acceptors (Lipinski definition) is 1. The zero-order valence-corrected chi connectivity index (χ0v) is 18.1. The topological polar surface area (TPSA) is 9.23 Å². The SMILES string of the molecule is CCCCCCCCCCCC(CCCCCCCC)OCCCC. The molecule has 1 atom stereocenters. The van der Waals surface area contributed by atoms with E-state index in [2.05, 4.69) is 20.8 Å². The molecule has 1 unspecified atom stereocenters. The van der Waals surface area contributed by atoms with Crippen molar-refractivity contribution in [2.24, 2.45) is 0 Å². The summed E-state index contributed by atoms with van der Waals surface area (Å²) in [5.41, 5.74) is 0. The molecule has 0 fully saturated rings. The highest BCUT2D eigenvalue weighted by Gasteiger charge is 2.08. The van der Waals surface area contributed by atoms with Crippen LogP contribution in [0.5, 0.6) is 0 Å². The zero-order chi connectivity index (χ0) is 18.4. The molecule has 25 heavy (non-hydrogen) atoms. The summed E-state index contributed by atoms with van der Waals surface area (Å²) in [4.78, 5) is 0. The van der Waals surface area contributed by atoms with E-state index in [1.165, 1.54) is 122 Å². The van der Waals surface area contributed by atoms with E-state index in [-0.39, 0.29) is 0 Å². The van der Waals surface area contributed by atoms with E-state index < -0.39 is 0 Å². The van der Waals surface area contributed by atoms with Gasteiger partial charge in [-0.2, -0.15) is 0 Å². The summed E-state index contributed by atoms with van der Waals surface area (Å²) in [7, 11) is 0. The highest BCUT2D eigenvalue weighted by Crippen LogP contribution is 2.17. The normalized spacial score (nSPS) is 12.6. The Bertz CT molecular complexity index is 226. The Morgan fingerprint density at radius 2 is 0.800 bits per heavy atom. The van der Waals surface area contributed by atoms with Gasteiger partial charge in [-0.1, -0.05) is 124 Å². The van der Waals surface area contributed by atoms with Crippen molar-refractivity contribution in [3.05, 3.63) is 0 Å². The lowest BCUT2D eigenvalue weighted by Gasteiger charge is -2.18. The molecule has 0 aromatic rings. The number of rotatable bonds is 21. The largest absolute Gasteiger partial charge is 0.378 e. The molecular formula is C24H50O. The summed E-state index contributed by atoms with van der Waals surface area (Å²) < 4.78 is 6.18. The Balaban J connectivity index is 3.61. The minimum Gasteiger partial charge on any atom is -0.378 e. The molecule has 152 valence electrons. The Morgan fingerprint density at radius 1 is 0.440 bits per heavy atom. The Kier molecular flexibility index (Phi) is 22.0. The fourth-order valence-corrected chi connectivity index (χ4v) is 3.54. The predicted octanol–water partition coefficient (Wildman–Crippen LogP) is 8.84. The van der Waals surface area contributed by atoms with E-state index in [0.29, 0.717) is 6.10 Å². The Labute approximate surface area is 160 Å². The lowest BCUT2D eigenvalue weighted by molar-refractivity contribution is 0.0364. The monoisotopic (exact) mass is 354 g/mol. The van der Waals surface area contributed by atoms with E-state index in [1.54, 1.807) is 0 Å². The Hall–Kier alpha value is -0.0400. The Morgan fingerprint density at radius 3 is 1.20 bits per heavy atom. The summed E-state index contributed by atoms with van der Waals surface area (Å²) in [6.07, 6.45) is 26.8. The molecule has 0 aliphatic rings. The minimum atomic E-state index is 0.544. The van der Waals surface area contributed by atoms with Crippen LogP contribution in [0.2, 0.25) is 0 Å². The fraction of sp³-hybridized carbons (Fsp3) is 1.00. The molecule has 0 saturated heterocycles. The molecule has 1 heteroatoms. The van der Waals surface area contributed by atoms with E-state index in [1.807, 2.05) is 0 Å². The van der Waals surface area contributed by atoms with Crippen LogP contribution in [0.25, 0.3) is 0 Å². The standard InChI is InChI=1S/C24H50O/c1-4-7-10-12-14-15-16-18-20-22-24(25-23-9-6-3)21-19-17-13-11-8-5-2/h24H,4-23H2,1-3H3. The number of ether oxygens (including phenoxy) is 1. The third-order valence-corrected chi connectivity index (χ3v) is 5.36. The van der Waals surface area contributed by atoms with Crippen LogP contribution < -0.4 is 0 Å². The first-order valence-corrected chi connectivity index (χ1v) is 12.0. The summed E-state index contributed by atoms with van der Waals surface area (Å²) in [5, 5.41) is 0. The van der Waals surface area contributed by atoms with Crippen molar-refractivity contribution in [1.29, 1.82) is 0 Å². The molecule has 0 aromatic heterocycles. The van der Waals surface area contributed by atoms with Crippen LogP contribution in [0, 0.1) is 0 Å². The lowest BCUT2D eigenvalue weighted by Crippen LogP contribution is -2.14. The lowest BCUT2D eigenvalue weighted by atomic mass is 10.0. The van der Waals surface area contributed by atoms with E-state index >= 15 is 0 Å². The highest BCUT2D eigenvalue weighted by atomic mass is 16.5. The predicted molar refractivity (Wildman–Crippen MR) is 114 cm³/mol. The van der Waals surface area contributed by atoms with Gasteiger partial charge < -0.3 is 4.74 Å². The minimum absolute atomic E-state index is 0.544. The van der Waals surface area contributed by atoms with Crippen LogP contribution >= 0.6 is 0 Å². The quantitative estimate of drug-likeness (QED) is 0.187. The molecule has 0 heterocycles. The fourth-order valence-electron chi connectivity index (χ4n) is 3.54. The maximum absolute atomic E-state index is 6.18. The first-order valence-electron chi connectivity index (χ1n) is 12.0. The van der Waals surface area contributed by atoms with E-state index in [9.17, 15) is 0 Å². The van der Waals surface area contributed by atoms with Gasteiger partial charge in [0.25, 0.3) is 0 Å². The summed E-state index contributed by atoms with van der Waals surface area (Å²) in [6, 6.07) is 0. The van der Waals surface area contributed by atoms with Crippen molar-refractivity contribution in [2.75, 3.05) is 6.61 Å². The maximum Gasteiger partial charge on any atom is 0.0575 e. The molecule has 0 spiro atoms. The van der Waals surface area contributed by atoms with Gasteiger partial charge in [-0.25, -0.2) is 0 Å². The van der Waals surface area contributed by atoms with Gasteiger partial charge in [0.2, 0.25) is 0 Å². The van der Waals surface area contributed by atoms with Gasteiger partial charge in [0.05, 0.1) is 6.10 Å². The second-order valence-electron chi connectivity index (χ2n) is 8.02. The van der Waals surface area contributed by atoms with Crippen LogP contribution in [0.1, 0.15) is 143 Å². The molecule has 1 nitrogen and oxygen atoms in total. The second-order valence-corrected chi connectivity index (χ2v) is 8.02. The van der Waals surface area contributed by atoms with Crippen LogP contribution in [0.3, 0.4) is 0 Å². The average molecular weight is 355 g/mol. The smallest absolute Gasteiger partial charge is 0.0575 e. The molecule has 0 aliphatic heterocycles. The van der Waals surface area contributed by atoms with Crippen molar-refractivity contribution < 1.29 is 4.74 Å². The molecule has 0 bridgehead atoms. The molecule has 0 aliphatic carbocycles. The first kappa shape index (κ1) is 25.0. The molecule has 0 rings (SSSR count). The van der Waals surface area contributed by atoms with Crippen molar-refractivity contribution >= 4 is 0 Å². The van der Waals surface area contributed by atoms with E-state index in [0.717, 1.165) is 6.61 Å². The highest BCUT2D eigenvalue weighted by molar-refractivity contribution is 4.60. The van der Waals surface area contributed by atoms with Crippen molar-refractivity contribution in [2.45, 2.75) is 149 Å². The molecule has 0 aromatic carbocycles. The molecule has 0 N–H and O–H groups in total. The first-order chi connectivity index (χ1) is 12.3. The van der Waals surface area contributed by atoms with Gasteiger partial charge in [-0.15, -0.1) is 0 Å². The third-order valence-electron chi connectivity index (χ3n) is 5.36. The number of hydrogen-bond donors (Lipinski definition) is 0. The van der Waals surface area contributed by atoms with Crippen molar-refractivity contribution in [1.82, 2.24) is 0 Å². The zero-order valence-electron chi connectivity index (χ0n) is 18.1. The number of unbranched alkanes of at least 4 members (excludes halogenated alkanes) is 14. The van der Waals surface area contributed by atoms with Gasteiger partial charge in [0.15, 0.2) is 0 Å². The van der Waals surface area contributed by atoms with Crippen LogP contribution in [-0.4, -0.2) is 12.7 Å². The average Bonchev–Trinajstić information content (AvgIpc) is 2.62. The van der Waals surface area contributed by atoms with Gasteiger partial charge in [0.1, 0.15) is 0 Å². The third kappa shape index (κ3) is 20.1. The van der Waals surface area contributed by atoms with Gasteiger partial charge in [0, 0.05) is 6.61 Å². The molecule has 0 radical (unpaired) electrons. The second kappa shape index (κ2) is 22.0. The maximum atomic E-state index is 6.18.